The van der Waals surface area contributed by atoms with Crippen molar-refractivity contribution in [1.29, 1.82) is 0 Å². The van der Waals surface area contributed by atoms with Crippen LogP contribution in [0.4, 0.5) is 0 Å². The van der Waals surface area contributed by atoms with E-state index in [1.807, 2.05) is 30.3 Å². The summed E-state index contributed by atoms with van der Waals surface area (Å²) in [7, 11) is 0. The molecule has 5 rings (SSSR count). The molecule has 174 valence electrons. The van der Waals surface area contributed by atoms with Gasteiger partial charge in [0.1, 0.15) is 36.8 Å². The predicted molar refractivity (Wildman–Crippen MR) is 124 cm³/mol. The number of benzene rings is 1. The highest BCUT2D eigenvalue weighted by Crippen LogP contribution is 2.21. The van der Waals surface area contributed by atoms with E-state index >= 15 is 0 Å². The van der Waals surface area contributed by atoms with Gasteiger partial charge in [0.2, 0.25) is 5.91 Å². The van der Waals surface area contributed by atoms with Crippen LogP contribution in [0.2, 0.25) is 0 Å². The largest absolute Gasteiger partial charge is 0.491 e. The Kier molecular flexibility index (Phi) is 6.82. The van der Waals surface area contributed by atoms with E-state index in [-0.39, 0.29) is 17.8 Å². The molecule has 1 atom stereocenters. The lowest BCUT2D eigenvalue weighted by Crippen LogP contribution is -2.48. The molecule has 1 unspecified atom stereocenters. The van der Waals surface area contributed by atoms with Crippen molar-refractivity contribution in [2.45, 2.75) is 11.3 Å². The molecule has 0 radical (unpaired) electrons. The van der Waals surface area contributed by atoms with Crippen LogP contribution < -0.4 is 4.74 Å². The van der Waals surface area contributed by atoms with Crippen molar-refractivity contribution in [3.63, 3.8) is 0 Å². The number of amides is 1. The van der Waals surface area contributed by atoms with E-state index in [2.05, 4.69) is 20.1 Å². The standard InChI is InChI=1S/C23H22N6O4S/c30-22(14-34-23-25-8-7-20(27-23)21-2-1-10-32-21)28-9-11-31-19(12-28)13-33-18-5-3-17(4-6-18)29-16-24-15-26-29/h1-8,10,15-16,19H,9,11-14H2. The molecular weight excluding hydrogens is 456 g/mol. The maximum absolute atomic E-state index is 12.8. The molecule has 34 heavy (non-hydrogen) atoms. The van der Waals surface area contributed by atoms with Crippen LogP contribution in [-0.2, 0) is 9.53 Å². The number of rotatable bonds is 8. The molecule has 1 saturated heterocycles. The summed E-state index contributed by atoms with van der Waals surface area (Å²) in [6.45, 7) is 1.85. The average molecular weight is 479 g/mol. The fourth-order valence-electron chi connectivity index (χ4n) is 3.46. The molecule has 1 aromatic carbocycles. The lowest BCUT2D eigenvalue weighted by Gasteiger charge is -2.32. The van der Waals surface area contributed by atoms with Gasteiger partial charge < -0.3 is 18.8 Å². The number of ether oxygens (including phenoxy) is 2. The highest BCUT2D eigenvalue weighted by molar-refractivity contribution is 7.99. The molecule has 0 N–H and O–H groups in total. The minimum absolute atomic E-state index is 0.0162. The zero-order valence-electron chi connectivity index (χ0n) is 18.2. The van der Waals surface area contributed by atoms with E-state index in [1.54, 1.807) is 40.5 Å². The zero-order chi connectivity index (χ0) is 23.2. The highest BCUT2D eigenvalue weighted by atomic mass is 32.2. The number of carbonyl (C=O) groups excluding carboxylic acids is 1. The third-order valence-corrected chi connectivity index (χ3v) is 6.03. The average Bonchev–Trinajstić information content (AvgIpc) is 3.62. The molecule has 3 aromatic heterocycles. The van der Waals surface area contributed by atoms with Gasteiger partial charge in [-0.15, -0.1) is 0 Å². The number of furan rings is 1. The number of hydrogen-bond donors (Lipinski definition) is 0. The number of carbonyl (C=O) groups is 1. The Balaban J connectivity index is 1.10. The van der Waals surface area contributed by atoms with Crippen LogP contribution in [0.1, 0.15) is 0 Å². The zero-order valence-corrected chi connectivity index (χ0v) is 19.0. The Labute approximate surface area is 199 Å². The summed E-state index contributed by atoms with van der Waals surface area (Å²) in [5.41, 5.74) is 1.58. The van der Waals surface area contributed by atoms with Gasteiger partial charge in [0.25, 0.3) is 0 Å². The van der Waals surface area contributed by atoms with Crippen LogP contribution in [0.3, 0.4) is 0 Å². The summed E-state index contributed by atoms with van der Waals surface area (Å²) in [5.74, 6) is 1.65. The molecule has 10 nitrogen and oxygen atoms in total. The first-order chi connectivity index (χ1) is 16.7. The van der Waals surface area contributed by atoms with Gasteiger partial charge in [0.15, 0.2) is 10.9 Å². The van der Waals surface area contributed by atoms with Gasteiger partial charge >= 0.3 is 0 Å². The maximum Gasteiger partial charge on any atom is 0.233 e. The summed E-state index contributed by atoms with van der Waals surface area (Å²) >= 11 is 1.31. The molecule has 1 aliphatic rings. The van der Waals surface area contributed by atoms with Gasteiger partial charge in [0, 0.05) is 12.7 Å². The van der Waals surface area contributed by atoms with E-state index in [0.29, 0.717) is 42.9 Å². The monoisotopic (exact) mass is 478 g/mol. The first-order valence-electron chi connectivity index (χ1n) is 10.7. The Morgan fingerprint density at radius 2 is 2.12 bits per heavy atom. The second kappa shape index (κ2) is 10.5. The number of nitrogens with zero attached hydrogens (tertiary/aromatic N) is 6. The topological polar surface area (TPSA) is 108 Å². The van der Waals surface area contributed by atoms with Crippen molar-refractivity contribution in [2.75, 3.05) is 32.1 Å². The van der Waals surface area contributed by atoms with Gasteiger partial charge in [0.05, 0.1) is 30.9 Å². The molecule has 0 saturated carbocycles. The van der Waals surface area contributed by atoms with Gasteiger partial charge in [-0.25, -0.2) is 19.6 Å². The van der Waals surface area contributed by atoms with Gasteiger partial charge in [-0.3, -0.25) is 4.79 Å². The van der Waals surface area contributed by atoms with Crippen molar-refractivity contribution >= 4 is 17.7 Å². The molecule has 0 aliphatic carbocycles. The molecule has 4 heterocycles. The maximum atomic E-state index is 12.8. The van der Waals surface area contributed by atoms with Crippen LogP contribution in [-0.4, -0.2) is 73.7 Å². The summed E-state index contributed by atoms with van der Waals surface area (Å²) in [6, 6.07) is 13.0. The van der Waals surface area contributed by atoms with Crippen LogP contribution in [0.25, 0.3) is 17.1 Å². The van der Waals surface area contributed by atoms with Gasteiger partial charge in [-0.2, -0.15) is 5.10 Å². The number of morpholine rings is 1. The Hall–Kier alpha value is -3.70. The second-order valence-corrected chi connectivity index (χ2v) is 8.41. The molecule has 1 aliphatic heterocycles. The van der Waals surface area contributed by atoms with Crippen molar-refractivity contribution in [1.82, 2.24) is 29.6 Å². The first kappa shape index (κ1) is 22.1. The van der Waals surface area contributed by atoms with Crippen LogP contribution >= 0.6 is 11.8 Å². The Bertz CT molecular complexity index is 1200. The molecule has 0 bridgehead atoms. The second-order valence-electron chi connectivity index (χ2n) is 7.47. The van der Waals surface area contributed by atoms with E-state index in [4.69, 9.17) is 13.9 Å². The van der Waals surface area contributed by atoms with E-state index < -0.39 is 0 Å². The molecule has 1 amide bonds. The third-order valence-electron chi connectivity index (χ3n) is 5.18. The lowest BCUT2D eigenvalue weighted by molar-refractivity contribution is -0.137. The molecular formula is C23H22N6O4S. The summed E-state index contributed by atoms with van der Waals surface area (Å²) in [5, 5.41) is 4.64. The smallest absolute Gasteiger partial charge is 0.233 e. The first-order valence-corrected chi connectivity index (χ1v) is 11.7. The quantitative estimate of drug-likeness (QED) is 0.279. The van der Waals surface area contributed by atoms with Crippen LogP contribution in [0, 0.1) is 0 Å². The highest BCUT2D eigenvalue weighted by Gasteiger charge is 2.25. The predicted octanol–water partition coefficient (Wildman–Crippen LogP) is 2.72. The minimum Gasteiger partial charge on any atom is -0.491 e. The lowest BCUT2D eigenvalue weighted by atomic mass is 10.2. The van der Waals surface area contributed by atoms with E-state index in [0.717, 1.165) is 11.4 Å². The Morgan fingerprint density at radius 3 is 2.91 bits per heavy atom. The SMILES string of the molecule is O=C(CSc1nccc(-c2ccco2)n1)N1CCOC(COc2ccc(-n3cncn3)cc2)C1. The summed E-state index contributed by atoms with van der Waals surface area (Å²) in [4.78, 5) is 27.2. The third kappa shape index (κ3) is 5.43. The van der Waals surface area contributed by atoms with Gasteiger partial charge in [-0.1, -0.05) is 11.8 Å². The number of thioether (sulfide) groups is 1. The van der Waals surface area contributed by atoms with Crippen molar-refractivity contribution in [3.8, 4) is 22.9 Å². The molecule has 0 spiro atoms. The van der Waals surface area contributed by atoms with Crippen LogP contribution in [0.5, 0.6) is 5.75 Å². The van der Waals surface area contributed by atoms with E-state index in [1.165, 1.54) is 18.1 Å². The summed E-state index contributed by atoms with van der Waals surface area (Å²) < 4.78 is 18.7. The molecule has 4 aromatic rings. The van der Waals surface area contributed by atoms with Crippen molar-refractivity contribution in [2.24, 2.45) is 0 Å². The van der Waals surface area contributed by atoms with Crippen molar-refractivity contribution in [3.05, 3.63) is 67.6 Å². The molecule has 1 fully saturated rings. The van der Waals surface area contributed by atoms with Crippen LogP contribution in [0.15, 0.2) is 77.2 Å². The summed E-state index contributed by atoms with van der Waals surface area (Å²) in [6.07, 6.45) is 6.19. The number of aromatic nitrogens is 5. The molecule has 11 heteroatoms. The fraction of sp³-hybridized carbons (Fsp3) is 0.261. The van der Waals surface area contributed by atoms with Gasteiger partial charge in [-0.05, 0) is 42.5 Å². The fourth-order valence-corrected chi connectivity index (χ4v) is 4.20. The minimum atomic E-state index is -0.198. The number of hydrogen-bond acceptors (Lipinski definition) is 9. The van der Waals surface area contributed by atoms with Crippen molar-refractivity contribution < 1.29 is 18.7 Å². The Morgan fingerprint density at radius 1 is 1.21 bits per heavy atom. The normalized spacial score (nSPS) is 15.9. The van der Waals surface area contributed by atoms with E-state index in [9.17, 15) is 4.79 Å².